The molecular formula is C19H21N3O4. The maximum Gasteiger partial charge on any atom is 0.341 e. The van der Waals surface area contributed by atoms with E-state index in [0.717, 1.165) is 17.7 Å². The van der Waals surface area contributed by atoms with Crippen molar-refractivity contribution in [2.75, 3.05) is 24.6 Å². The summed E-state index contributed by atoms with van der Waals surface area (Å²) in [5, 5.41) is 11.5. The zero-order valence-corrected chi connectivity index (χ0v) is 14.2. The van der Waals surface area contributed by atoms with E-state index >= 15 is 0 Å². The first-order chi connectivity index (χ1) is 12.6. The van der Waals surface area contributed by atoms with Gasteiger partial charge < -0.3 is 20.9 Å². The quantitative estimate of drug-likeness (QED) is 0.704. The topological polar surface area (TPSA) is 105 Å². The van der Waals surface area contributed by atoms with Crippen LogP contribution in [0.5, 0.6) is 5.75 Å². The Hall–Kier alpha value is -3.06. The number of carboxylic acids is 1. The van der Waals surface area contributed by atoms with Crippen LogP contribution >= 0.6 is 0 Å². The number of carboxylic acid groups (broad SMARTS) is 1. The molecule has 0 aliphatic carbocycles. The van der Waals surface area contributed by atoms with Crippen LogP contribution in [0.15, 0.2) is 48.5 Å². The number of amides is 2. The second-order valence-electron chi connectivity index (χ2n) is 6.03. The highest BCUT2D eigenvalue weighted by molar-refractivity contribution is 5.95. The molecule has 0 spiro atoms. The Kier molecular flexibility index (Phi) is 5.38. The maximum atomic E-state index is 12.3. The Balaban J connectivity index is 1.78. The number of benzene rings is 2. The number of nitrogens with one attached hydrogen (secondary N) is 1. The molecular weight excluding hydrogens is 334 g/mol. The van der Waals surface area contributed by atoms with Gasteiger partial charge in [-0.3, -0.25) is 4.90 Å². The number of hydrogen-bond donors (Lipinski definition) is 3. The predicted molar refractivity (Wildman–Crippen MR) is 97.4 cm³/mol. The molecule has 1 aliphatic rings. The van der Waals surface area contributed by atoms with E-state index in [9.17, 15) is 9.59 Å². The monoisotopic (exact) mass is 355 g/mol. The second-order valence-corrected chi connectivity index (χ2v) is 6.03. The van der Waals surface area contributed by atoms with E-state index in [0.29, 0.717) is 18.8 Å². The van der Waals surface area contributed by atoms with E-state index in [1.807, 2.05) is 24.3 Å². The van der Waals surface area contributed by atoms with Crippen molar-refractivity contribution in [3.63, 3.8) is 0 Å². The van der Waals surface area contributed by atoms with Crippen LogP contribution in [0.4, 0.5) is 10.5 Å². The van der Waals surface area contributed by atoms with Crippen molar-refractivity contribution in [3.05, 3.63) is 59.7 Å². The standard InChI is InChI=1S/C19H21N3O4/c20-10-9-13-1-3-14(4-2-13)17-11-21-19(25)22(17)15-5-7-16(8-6-15)26-12-18(23)24/h1-8,17H,9-12,20H2,(H,21,25)(H,23,24). The Morgan fingerprint density at radius 1 is 1.19 bits per heavy atom. The van der Waals surface area contributed by atoms with Crippen molar-refractivity contribution < 1.29 is 19.4 Å². The zero-order valence-electron chi connectivity index (χ0n) is 14.2. The SMILES string of the molecule is NCCc1ccc(C2CNC(=O)N2c2ccc(OCC(=O)O)cc2)cc1. The largest absolute Gasteiger partial charge is 0.482 e. The smallest absolute Gasteiger partial charge is 0.341 e. The number of carbonyl (C=O) groups excluding carboxylic acids is 1. The number of nitrogens with two attached hydrogens (primary N) is 1. The van der Waals surface area contributed by atoms with E-state index in [4.69, 9.17) is 15.6 Å². The summed E-state index contributed by atoms with van der Waals surface area (Å²) in [6.07, 6.45) is 0.823. The first-order valence-electron chi connectivity index (χ1n) is 8.39. The van der Waals surface area contributed by atoms with Gasteiger partial charge in [-0.05, 0) is 48.4 Å². The zero-order chi connectivity index (χ0) is 18.5. The number of aliphatic carboxylic acids is 1. The number of ether oxygens (including phenoxy) is 1. The minimum atomic E-state index is -1.04. The van der Waals surface area contributed by atoms with Crippen LogP contribution < -0.4 is 20.7 Å². The molecule has 2 amide bonds. The highest BCUT2D eigenvalue weighted by Crippen LogP contribution is 2.31. The fourth-order valence-corrected chi connectivity index (χ4v) is 2.99. The molecule has 2 aromatic carbocycles. The molecule has 7 nitrogen and oxygen atoms in total. The van der Waals surface area contributed by atoms with Gasteiger partial charge in [0, 0.05) is 12.2 Å². The van der Waals surface area contributed by atoms with Crippen LogP contribution in [0.1, 0.15) is 17.2 Å². The van der Waals surface area contributed by atoms with Gasteiger partial charge in [-0.25, -0.2) is 9.59 Å². The molecule has 1 heterocycles. The number of anilines is 1. The number of carbonyl (C=O) groups is 2. The molecule has 1 saturated heterocycles. The lowest BCUT2D eigenvalue weighted by molar-refractivity contribution is -0.139. The van der Waals surface area contributed by atoms with Crippen LogP contribution in [0.25, 0.3) is 0 Å². The Labute approximate surface area is 151 Å². The highest BCUT2D eigenvalue weighted by atomic mass is 16.5. The molecule has 7 heteroatoms. The third-order valence-electron chi connectivity index (χ3n) is 4.25. The number of rotatable bonds is 7. The summed E-state index contributed by atoms with van der Waals surface area (Å²) in [6, 6.07) is 14.6. The number of nitrogens with zero attached hydrogens (tertiary/aromatic N) is 1. The maximum absolute atomic E-state index is 12.3. The molecule has 4 N–H and O–H groups in total. The van der Waals surface area contributed by atoms with Gasteiger partial charge in [-0.1, -0.05) is 24.3 Å². The van der Waals surface area contributed by atoms with Gasteiger partial charge in [0.05, 0.1) is 6.04 Å². The lowest BCUT2D eigenvalue weighted by atomic mass is 10.0. The molecule has 136 valence electrons. The van der Waals surface area contributed by atoms with Crippen molar-refractivity contribution in [1.82, 2.24) is 5.32 Å². The Morgan fingerprint density at radius 3 is 2.50 bits per heavy atom. The fourth-order valence-electron chi connectivity index (χ4n) is 2.99. The molecule has 26 heavy (non-hydrogen) atoms. The molecule has 1 fully saturated rings. The van der Waals surface area contributed by atoms with Gasteiger partial charge in [0.2, 0.25) is 0 Å². The summed E-state index contributed by atoms with van der Waals surface area (Å²) in [6.45, 7) is 0.721. The van der Waals surface area contributed by atoms with Gasteiger partial charge in [0.15, 0.2) is 6.61 Å². The van der Waals surface area contributed by atoms with Gasteiger partial charge in [0.1, 0.15) is 5.75 Å². The van der Waals surface area contributed by atoms with Crippen molar-refractivity contribution in [2.24, 2.45) is 5.73 Å². The van der Waals surface area contributed by atoms with Crippen molar-refractivity contribution in [2.45, 2.75) is 12.5 Å². The molecule has 3 rings (SSSR count). The van der Waals surface area contributed by atoms with Crippen molar-refractivity contribution in [3.8, 4) is 5.75 Å². The van der Waals surface area contributed by atoms with E-state index in [2.05, 4.69) is 5.32 Å². The van der Waals surface area contributed by atoms with Gasteiger partial charge in [-0.15, -0.1) is 0 Å². The molecule has 2 aromatic rings. The summed E-state index contributed by atoms with van der Waals surface area (Å²) in [4.78, 5) is 24.6. The van der Waals surface area contributed by atoms with Crippen LogP contribution in [0.3, 0.4) is 0 Å². The molecule has 1 aliphatic heterocycles. The molecule has 0 aromatic heterocycles. The van der Waals surface area contributed by atoms with Crippen molar-refractivity contribution >= 4 is 17.7 Å². The van der Waals surface area contributed by atoms with E-state index in [1.165, 1.54) is 5.56 Å². The lowest BCUT2D eigenvalue weighted by Crippen LogP contribution is -2.29. The lowest BCUT2D eigenvalue weighted by Gasteiger charge is -2.24. The number of urea groups is 1. The summed E-state index contributed by atoms with van der Waals surface area (Å²) in [7, 11) is 0. The molecule has 0 bridgehead atoms. The van der Waals surface area contributed by atoms with Crippen LogP contribution in [0.2, 0.25) is 0 Å². The van der Waals surface area contributed by atoms with Crippen LogP contribution in [0, 0.1) is 0 Å². The fraction of sp³-hybridized carbons (Fsp3) is 0.263. The van der Waals surface area contributed by atoms with Gasteiger partial charge in [-0.2, -0.15) is 0 Å². The third-order valence-corrected chi connectivity index (χ3v) is 4.25. The highest BCUT2D eigenvalue weighted by Gasteiger charge is 2.33. The summed E-state index contributed by atoms with van der Waals surface area (Å²) >= 11 is 0. The minimum Gasteiger partial charge on any atom is -0.482 e. The predicted octanol–water partition coefficient (Wildman–Crippen LogP) is 1.92. The molecule has 1 atom stereocenters. The van der Waals surface area contributed by atoms with E-state index in [-0.39, 0.29) is 12.1 Å². The van der Waals surface area contributed by atoms with E-state index in [1.54, 1.807) is 29.2 Å². The average Bonchev–Trinajstić information content (AvgIpc) is 3.03. The second kappa shape index (κ2) is 7.88. The number of hydrogen-bond acceptors (Lipinski definition) is 4. The molecule has 1 unspecified atom stereocenters. The molecule has 0 saturated carbocycles. The molecule has 0 radical (unpaired) electrons. The normalized spacial score (nSPS) is 16.4. The average molecular weight is 355 g/mol. The van der Waals surface area contributed by atoms with Crippen molar-refractivity contribution in [1.29, 1.82) is 0 Å². The van der Waals surface area contributed by atoms with Crippen LogP contribution in [-0.4, -0.2) is 36.8 Å². The third kappa shape index (κ3) is 3.94. The first-order valence-corrected chi connectivity index (χ1v) is 8.39. The Morgan fingerprint density at radius 2 is 1.88 bits per heavy atom. The summed E-state index contributed by atoms with van der Waals surface area (Å²) < 4.78 is 5.13. The van der Waals surface area contributed by atoms with Gasteiger partial charge >= 0.3 is 12.0 Å². The summed E-state index contributed by atoms with van der Waals surface area (Å²) in [5.41, 5.74) is 8.51. The van der Waals surface area contributed by atoms with Crippen LogP contribution in [-0.2, 0) is 11.2 Å². The first kappa shape index (κ1) is 17.8. The minimum absolute atomic E-state index is 0.111. The Bertz CT molecular complexity index is 774. The van der Waals surface area contributed by atoms with Gasteiger partial charge in [0.25, 0.3) is 0 Å². The summed E-state index contributed by atoms with van der Waals surface area (Å²) in [5.74, 6) is -0.593. The van der Waals surface area contributed by atoms with E-state index < -0.39 is 12.6 Å².